The lowest BCUT2D eigenvalue weighted by atomic mass is 10.1. The molecule has 1 N–H and O–H groups in total. The van der Waals surface area contributed by atoms with Crippen LogP contribution in [-0.2, 0) is 0 Å². The lowest BCUT2D eigenvalue weighted by molar-refractivity contribution is 1.16. The van der Waals surface area contributed by atoms with Gasteiger partial charge in [0, 0.05) is 17.5 Å². The Morgan fingerprint density at radius 1 is 0.944 bits per heavy atom. The summed E-state index contributed by atoms with van der Waals surface area (Å²) >= 11 is 0. The van der Waals surface area contributed by atoms with Crippen molar-refractivity contribution >= 4 is 36.2 Å². The molecule has 0 saturated heterocycles. The number of rotatable bonds is 2. The molecule has 0 aliphatic rings. The number of benzene rings is 1. The molecule has 0 spiro atoms. The van der Waals surface area contributed by atoms with Crippen LogP contribution in [0, 0.1) is 0 Å². The Balaban J connectivity index is 1.98. The molecule has 0 bridgehead atoms. The zero-order chi connectivity index (χ0) is 12.4. The van der Waals surface area contributed by atoms with E-state index < -0.39 is 0 Å². The second kappa shape index (κ2) is 4.41. The summed E-state index contributed by atoms with van der Waals surface area (Å²) in [6.07, 6.45) is 3.09. The van der Waals surface area contributed by atoms with Crippen LogP contribution in [-0.4, -0.2) is 27.8 Å². The van der Waals surface area contributed by atoms with Gasteiger partial charge in [-0.2, -0.15) is 4.98 Å². The number of fused-ring (bicyclic) bond motifs is 1. The number of nitrogens with one attached hydrogen (secondary N) is 1. The minimum Gasteiger partial charge on any atom is -0.324 e. The van der Waals surface area contributed by atoms with Crippen molar-refractivity contribution in [3.63, 3.8) is 0 Å². The van der Waals surface area contributed by atoms with Crippen LogP contribution in [0.5, 0.6) is 0 Å². The molecule has 0 unspecified atom stereocenters. The second-order valence-corrected chi connectivity index (χ2v) is 3.69. The standard InChI is InChI=1S/C12H8BN5/c13-10-7-14-9-6-15-12(18-11(9)17-10)16-8-4-2-1-3-5-8/h1-7H,(H,15,16,17,18). The molecule has 5 nitrogen and oxygen atoms in total. The summed E-state index contributed by atoms with van der Waals surface area (Å²) in [4.78, 5) is 16.6. The topological polar surface area (TPSA) is 63.6 Å². The molecule has 2 heterocycles. The van der Waals surface area contributed by atoms with Crippen LogP contribution in [0.15, 0.2) is 42.7 Å². The van der Waals surface area contributed by atoms with E-state index in [1.54, 1.807) is 6.20 Å². The fourth-order valence-electron chi connectivity index (χ4n) is 1.54. The van der Waals surface area contributed by atoms with Gasteiger partial charge in [0.2, 0.25) is 5.95 Å². The van der Waals surface area contributed by atoms with Crippen molar-refractivity contribution in [3.05, 3.63) is 42.7 Å². The molecule has 2 aromatic heterocycles. The summed E-state index contributed by atoms with van der Waals surface area (Å²) < 4.78 is 0. The molecule has 0 saturated carbocycles. The van der Waals surface area contributed by atoms with E-state index in [-0.39, 0.29) is 0 Å². The van der Waals surface area contributed by atoms with E-state index in [0.29, 0.717) is 22.7 Å². The van der Waals surface area contributed by atoms with Gasteiger partial charge < -0.3 is 5.32 Å². The molecule has 0 aliphatic carbocycles. The number of anilines is 2. The van der Waals surface area contributed by atoms with Crippen molar-refractivity contribution < 1.29 is 0 Å². The van der Waals surface area contributed by atoms with Crippen LogP contribution in [0.25, 0.3) is 11.2 Å². The molecule has 0 atom stereocenters. The van der Waals surface area contributed by atoms with Gasteiger partial charge in [0.05, 0.1) is 6.20 Å². The minimum absolute atomic E-state index is 0.340. The molecular weight excluding hydrogens is 225 g/mol. The van der Waals surface area contributed by atoms with Crippen molar-refractivity contribution in [3.8, 4) is 0 Å². The van der Waals surface area contributed by atoms with Gasteiger partial charge in [-0.3, -0.25) is 4.98 Å². The van der Waals surface area contributed by atoms with E-state index in [4.69, 9.17) is 7.85 Å². The number of hydrogen-bond donors (Lipinski definition) is 1. The first-order valence-electron chi connectivity index (χ1n) is 5.38. The third-order valence-electron chi connectivity index (χ3n) is 2.35. The Hall–Kier alpha value is -2.50. The second-order valence-electron chi connectivity index (χ2n) is 3.69. The number of nitrogens with zero attached hydrogens (tertiary/aromatic N) is 4. The van der Waals surface area contributed by atoms with E-state index in [9.17, 15) is 0 Å². The van der Waals surface area contributed by atoms with Crippen molar-refractivity contribution in [1.29, 1.82) is 0 Å². The van der Waals surface area contributed by atoms with Crippen molar-refractivity contribution in [2.45, 2.75) is 0 Å². The fraction of sp³-hybridized carbons (Fsp3) is 0. The highest BCUT2D eigenvalue weighted by molar-refractivity contribution is 6.30. The zero-order valence-electron chi connectivity index (χ0n) is 9.41. The number of hydrogen-bond acceptors (Lipinski definition) is 5. The fourth-order valence-corrected chi connectivity index (χ4v) is 1.54. The first kappa shape index (κ1) is 10.6. The molecule has 3 aromatic rings. The first-order chi connectivity index (χ1) is 8.81. The quantitative estimate of drug-likeness (QED) is 0.668. The van der Waals surface area contributed by atoms with Gasteiger partial charge in [0.1, 0.15) is 13.4 Å². The van der Waals surface area contributed by atoms with Crippen LogP contribution in [0.4, 0.5) is 11.6 Å². The summed E-state index contributed by atoms with van der Waals surface area (Å²) in [5.41, 5.74) is 2.34. The van der Waals surface area contributed by atoms with Crippen LogP contribution in [0.3, 0.4) is 0 Å². The predicted molar refractivity (Wildman–Crippen MR) is 70.2 cm³/mol. The summed E-state index contributed by atoms with van der Waals surface area (Å²) in [6, 6.07) is 9.66. The number of para-hydroxylation sites is 1. The molecule has 84 valence electrons. The Morgan fingerprint density at radius 2 is 1.78 bits per heavy atom. The lowest BCUT2D eigenvalue weighted by Crippen LogP contribution is -2.10. The minimum atomic E-state index is 0.340. The molecule has 0 aliphatic heterocycles. The van der Waals surface area contributed by atoms with Crippen LogP contribution in [0.2, 0.25) is 0 Å². The monoisotopic (exact) mass is 233 g/mol. The summed E-state index contributed by atoms with van der Waals surface area (Å²) in [5.74, 6) is 0.466. The van der Waals surface area contributed by atoms with E-state index >= 15 is 0 Å². The summed E-state index contributed by atoms with van der Waals surface area (Å²) in [7, 11) is 5.57. The van der Waals surface area contributed by atoms with Crippen LogP contribution >= 0.6 is 0 Å². The Kier molecular flexibility index (Phi) is 2.61. The van der Waals surface area contributed by atoms with E-state index in [1.165, 1.54) is 6.20 Å². The van der Waals surface area contributed by atoms with Crippen molar-refractivity contribution in [2.24, 2.45) is 0 Å². The lowest BCUT2D eigenvalue weighted by Gasteiger charge is -2.04. The predicted octanol–water partition coefficient (Wildman–Crippen LogP) is 0.957. The molecule has 1 aromatic carbocycles. The summed E-state index contributed by atoms with van der Waals surface area (Å²) in [5, 5.41) is 3.08. The van der Waals surface area contributed by atoms with Gasteiger partial charge in [-0.1, -0.05) is 18.2 Å². The zero-order valence-corrected chi connectivity index (χ0v) is 9.41. The summed E-state index contributed by atoms with van der Waals surface area (Å²) in [6.45, 7) is 0. The average molecular weight is 233 g/mol. The normalized spacial score (nSPS) is 10.4. The third kappa shape index (κ3) is 2.13. The molecule has 18 heavy (non-hydrogen) atoms. The Labute approximate surface area is 105 Å². The third-order valence-corrected chi connectivity index (χ3v) is 2.35. The molecule has 2 radical (unpaired) electrons. The van der Waals surface area contributed by atoms with E-state index in [1.807, 2.05) is 30.3 Å². The smallest absolute Gasteiger partial charge is 0.229 e. The highest BCUT2D eigenvalue weighted by Gasteiger charge is 2.02. The maximum atomic E-state index is 5.57. The first-order valence-corrected chi connectivity index (χ1v) is 5.38. The molecule has 0 amide bonds. The van der Waals surface area contributed by atoms with Gasteiger partial charge in [0.15, 0.2) is 5.65 Å². The van der Waals surface area contributed by atoms with Crippen LogP contribution in [0.1, 0.15) is 0 Å². The van der Waals surface area contributed by atoms with Gasteiger partial charge >= 0.3 is 0 Å². The van der Waals surface area contributed by atoms with Crippen molar-refractivity contribution in [2.75, 3.05) is 5.32 Å². The maximum absolute atomic E-state index is 5.57. The average Bonchev–Trinajstić information content (AvgIpc) is 2.39. The van der Waals surface area contributed by atoms with E-state index in [2.05, 4.69) is 25.3 Å². The Bertz CT molecular complexity index is 686. The largest absolute Gasteiger partial charge is 0.324 e. The highest BCUT2D eigenvalue weighted by atomic mass is 15.1. The molecule has 3 rings (SSSR count). The van der Waals surface area contributed by atoms with Gasteiger partial charge in [0.25, 0.3) is 0 Å². The van der Waals surface area contributed by atoms with E-state index in [0.717, 1.165) is 5.69 Å². The molecule has 0 fully saturated rings. The van der Waals surface area contributed by atoms with Crippen molar-refractivity contribution in [1.82, 2.24) is 19.9 Å². The van der Waals surface area contributed by atoms with Gasteiger partial charge in [-0.05, 0) is 12.1 Å². The SMILES string of the molecule is [B]c1cnc2cnc(Nc3ccccc3)nc2n1. The van der Waals surface area contributed by atoms with Gasteiger partial charge in [-0.25, -0.2) is 9.97 Å². The van der Waals surface area contributed by atoms with Gasteiger partial charge in [-0.15, -0.1) is 0 Å². The van der Waals surface area contributed by atoms with Crippen LogP contribution < -0.4 is 10.9 Å². The molecule has 6 heteroatoms. The highest BCUT2D eigenvalue weighted by Crippen LogP contribution is 2.12. The number of aromatic nitrogens is 4. The molecular formula is C12H8BN5. The maximum Gasteiger partial charge on any atom is 0.229 e. The Morgan fingerprint density at radius 3 is 2.61 bits per heavy atom.